The Morgan fingerprint density at radius 1 is 1.03 bits per heavy atom. The highest BCUT2D eigenvalue weighted by molar-refractivity contribution is 7.13. The van der Waals surface area contributed by atoms with Crippen LogP contribution in [0.15, 0.2) is 84.5 Å². The number of hydrogen-bond donors (Lipinski definition) is 1. The summed E-state index contributed by atoms with van der Waals surface area (Å²) >= 11 is 1.28. The first-order chi connectivity index (χ1) is 18.4. The van der Waals surface area contributed by atoms with E-state index in [0.717, 1.165) is 27.7 Å². The zero-order chi connectivity index (χ0) is 26.7. The van der Waals surface area contributed by atoms with E-state index in [0.29, 0.717) is 17.3 Å². The van der Waals surface area contributed by atoms with E-state index < -0.39 is 5.41 Å². The molecule has 3 aromatic carbocycles. The first-order valence-corrected chi connectivity index (χ1v) is 13.1. The van der Waals surface area contributed by atoms with Crippen LogP contribution in [-0.2, 0) is 9.53 Å². The van der Waals surface area contributed by atoms with Crippen LogP contribution in [0, 0.1) is 5.41 Å². The Hall–Kier alpha value is -4.37. The minimum atomic E-state index is -0.815. The maximum absolute atomic E-state index is 13.5. The fourth-order valence-electron chi connectivity index (χ4n) is 4.70. The number of esters is 1. The van der Waals surface area contributed by atoms with E-state index in [1.54, 1.807) is 35.4 Å². The van der Waals surface area contributed by atoms with Gasteiger partial charge in [0.2, 0.25) is 11.0 Å². The van der Waals surface area contributed by atoms with E-state index in [4.69, 9.17) is 4.74 Å². The lowest BCUT2D eigenvalue weighted by Gasteiger charge is -2.33. The highest BCUT2D eigenvalue weighted by Crippen LogP contribution is 2.42. The number of nitrogens with one attached hydrogen (secondary N) is 1. The molecule has 0 aliphatic carbocycles. The number of carbonyl (C=O) groups excluding carboxylic acids is 2. The van der Waals surface area contributed by atoms with Gasteiger partial charge in [-0.25, -0.2) is 9.48 Å². The Labute approximate surface area is 224 Å². The van der Waals surface area contributed by atoms with Crippen molar-refractivity contribution in [2.45, 2.75) is 26.7 Å². The molecule has 5 rings (SSSR count). The maximum Gasteiger partial charge on any atom is 0.338 e. The lowest BCUT2D eigenvalue weighted by Crippen LogP contribution is -2.37. The van der Waals surface area contributed by atoms with Crippen LogP contribution in [0.25, 0.3) is 16.6 Å². The van der Waals surface area contributed by atoms with E-state index >= 15 is 0 Å². The van der Waals surface area contributed by atoms with Crippen LogP contribution in [0.5, 0.6) is 0 Å². The molecule has 0 fully saturated rings. The summed E-state index contributed by atoms with van der Waals surface area (Å²) in [5, 5.41) is 16.7. The number of benzene rings is 3. The minimum Gasteiger partial charge on any atom is -0.462 e. The van der Waals surface area contributed by atoms with E-state index in [1.807, 2.05) is 68.4 Å². The van der Waals surface area contributed by atoms with Gasteiger partial charge in [-0.2, -0.15) is 5.10 Å². The maximum atomic E-state index is 13.5. The molecule has 38 heavy (non-hydrogen) atoms. The van der Waals surface area contributed by atoms with Gasteiger partial charge in [0.1, 0.15) is 5.51 Å². The molecule has 8 nitrogen and oxygen atoms in total. The van der Waals surface area contributed by atoms with Gasteiger partial charge in [-0.05, 0) is 48.4 Å². The molecule has 5 aromatic rings. The second-order valence-electron chi connectivity index (χ2n) is 9.41. The molecule has 1 atom stereocenters. The molecule has 0 spiro atoms. The minimum absolute atomic E-state index is 0.144. The SMILES string of the molecule is CCOC(=O)c1cccc(-n2ncc3cc([C@H](c4ccccc4)C(C)(C)C(=O)Nc4nncs4)ccc32)c1. The van der Waals surface area contributed by atoms with Gasteiger partial charge in [-0.1, -0.05) is 67.6 Å². The Bertz CT molecular complexity index is 1580. The van der Waals surface area contributed by atoms with Crippen molar-refractivity contribution in [2.24, 2.45) is 5.41 Å². The third-order valence-corrected chi connectivity index (χ3v) is 7.15. The largest absolute Gasteiger partial charge is 0.462 e. The molecule has 0 aliphatic heterocycles. The lowest BCUT2D eigenvalue weighted by atomic mass is 9.70. The first kappa shape index (κ1) is 25.3. The van der Waals surface area contributed by atoms with E-state index in [-0.39, 0.29) is 17.8 Å². The van der Waals surface area contributed by atoms with Crippen molar-refractivity contribution in [2.75, 3.05) is 11.9 Å². The number of amides is 1. The number of aromatic nitrogens is 4. The predicted octanol–water partition coefficient (Wildman–Crippen LogP) is 5.85. The normalized spacial score (nSPS) is 12.3. The fraction of sp³-hybridized carbons (Fsp3) is 0.207. The summed E-state index contributed by atoms with van der Waals surface area (Å²) in [6.07, 6.45) is 1.80. The molecule has 192 valence electrons. The number of carbonyl (C=O) groups is 2. The number of hydrogen-bond acceptors (Lipinski definition) is 7. The van der Waals surface area contributed by atoms with Gasteiger partial charge in [0.25, 0.3) is 0 Å². The zero-order valence-electron chi connectivity index (χ0n) is 21.3. The van der Waals surface area contributed by atoms with Gasteiger partial charge in [0.15, 0.2) is 0 Å². The second kappa shape index (κ2) is 10.5. The highest BCUT2D eigenvalue weighted by Gasteiger charge is 2.39. The Kier molecular flexibility index (Phi) is 7.02. The average molecular weight is 526 g/mol. The first-order valence-electron chi connectivity index (χ1n) is 12.3. The van der Waals surface area contributed by atoms with E-state index in [9.17, 15) is 9.59 Å². The molecular weight excluding hydrogens is 498 g/mol. The van der Waals surface area contributed by atoms with Gasteiger partial charge in [-0.15, -0.1) is 10.2 Å². The topological polar surface area (TPSA) is 99.0 Å². The quantitative estimate of drug-likeness (QED) is 0.255. The number of rotatable bonds is 8. The van der Waals surface area contributed by atoms with Gasteiger partial charge >= 0.3 is 5.97 Å². The molecule has 0 saturated heterocycles. The molecule has 0 unspecified atom stereocenters. The molecule has 2 heterocycles. The predicted molar refractivity (Wildman–Crippen MR) is 148 cm³/mol. The van der Waals surface area contributed by atoms with Crippen molar-refractivity contribution >= 4 is 39.2 Å². The van der Waals surface area contributed by atoms with Crippen LogP contribution in [0.2, 0.25) is 0 Å². The number of fused-ring (bicyclic) bond motifs is 1. The smallest absolute Gasteiger partial charge is 0.338 e. The fourth-order valence-corrected chi connectivity index (χ4v) is 5.14. The molecule has 1 N–H and O–H groups in total. The Morgan fingerprint density at radius 2 is 1.84 bits per heavy atom. The van der Waals surface area contributed by atoms with E-state index in [1.165, 1.54) is 11.3 Å². The summed E-state index contributed by atoms with van der Waals surface area (Å²) in [7, 11) is 0. The van der Waals surface area contributed by atoms with Crippen LogP contribution in [0.3, 0.4) is 0 Å². The second-order valence-corrected chi connectivity index (χ2v) is 10.2. The molecule has 0 aliphatic rings. The van der Waals surface area contributed by atoms with Crippen molar-refractivity contribution in [1.82, 2.24) is 20.0 Å². The van der Waals surface area contributed by atoms with Crippen molar-refractivity contribution in [3.05, 3.63) is 101 Å². The van der Waals surface area contributed by atoms with Crippen molar-refractivity contribution in [1.29, 1.82) is 0 Å². The van der Waals surface area contributed by atoms with Crippen LogP contribution in [-0.4, -0.2) is 38.5 Å². The van der Waals surface area contributed by atoms with Crippen molar-refractivity contribution in [3.8, 4) is 5.69 Å². The molecule has 2 aromatic heterocycles. The van der Waals surface area contributed by atoms with E-state index in [2.05, 4.69) is 26.7 Å². The number of nitrogens with zero attached hydrogens (tertiary/aromatic N) is 4. The van der Waals surface area contributed by atoms with Crippen LogP contribution in [0.4, 0.5) is 5.13 Å². The van der Waals surface area contributed by atoms with Crippen LogP contribution < -0.4 is 5.32 Å². The van der Waals surface area contributed by atoms with Crippen molar-refractivity contribution < 1.29 is 14.3 Å². The molecule has 0 saturated carbocycles. The average Bonchev–Trinajstić information content (AvgIpc) is 3.59. The van der Waals surface area contributed by atoms with Crippen LogP contribution >= 0.6 is 11.3 Å². The molecule has 0 bridgehead atoms. The van der Waals surface area contributed by atoms with Crippen molar-refractivity contribution in [3.63, 3.8) is 0 Å². The molecule has 1 amide bonds. The van der Waals surface area contributed by atoms with Crippen LogP contribution in [0.1, 0.15) is 48.2 Å². The summed E-state index contributed by atoms with van der Waals surface area (Å²) in [6.45, 7) is 5.98. The third-order valence-electron chi connectivity index (χ3n) is 6.55. The summed E-state index contributed by atoms with van der Waals surface area (Å²) in [5.41, 5.74) is 4.90. The molecular formula is C29H27N5O3S. The van der Waals surface area contributed by atoms with Gasteiger partial charge in [0.05, 0.1) is 35.0 Å². The Morgan fingerprint density at radius 3 is 2.58 bits per heavy atom. The monoisotopic (exact) mass is 525 g/mol. The van der Waals surface area contributed by atoms with Gasteiger partial charge in [0, 0.05) is 11.3 Å². The van der Waals surface area contributed by atoms with Gasteiger partial charge < -0.3 is 10.1 Å². The third kappa shape index (κ3) is 4.92. The summed E-state index contributed by atoms with van der Waals surface area (Å²) in [6, 6.07) is 23.3. The number of anilines is 1. The lowest BCUT2D eigenvalue weighted by molar-refractivity contribution is -0.124. The number of ether oxygens (including phenoxy) is 1. The standard InChI is InChI=1S/C29H27N5O3S/c1-4-37-26(35)21-11-8-12-23(16-21)34-24-14-13-20(15-22(24)17-31-34)25(19-9-6-5-7-10-19)29(2,3)27(36)32-28-33-30-18-38-28/h5-18,25H,4H2,1-3H3,(H,32,33,36)/t25-/m0/s1. The molecule has 9 heteroatoms. The van der Waals surface area contributed by atoms with Gasteiger partial charge in [-0.3, -0.25) is 4.79 Å². The molecule has 0 radical (unpaired) electrons. The summed E-state index contributed by atoms with van der Waals surface area (Å²) in [4.78, 5) is 25.7. The Balaban J connectivity index is 1.54. The zero-order valence-corrected chi connectivity index (χ0v) is 22.1. The highest BCUT2D eigenvalue weighted by atomic mass is 32.1. The summed E-state index contributed by atoms with van der Waals surface area (Å²) in [5.74, 6) is -0.751. The summed E-state index contributed by atoms with van der Waals surface area (Å²) < 4.78 is 6.95.